The summed E-state index contributed by atoms with van der Waals surface area (Å²) in [5.41, 5.74) is 2.87. The molecule has 3 aromatic heterocycles. The van der Waals surface area contributed by atoms with Crippen LogP contribution in [0.1, 0.15) is 5.56 Å². The molecule has 0 radical (unpaired) electrons. The standard InChI is InChI=1S/C20H17BrClN5O2S.ClH/c1-23-10-13-12-27(30(28,29)15-3-2-7-24-11-15)18-9-14(4-5-16(13)18)26-17-6-8-25-20(22)19(17)21;/h2-9,11-12,23H,10H2,1H3,(H,25,26);1H. The van der Waals surface area contributed by atoms with Crippen LogP contribution in [0.2, 0.25) is 5.15 Å². The number of fused-ring (bicyclic) bond motifs is 1. The number of hydrogen-bond donors (Lipinski definition) is 2. The number of rotatable bonds is 6. The zero-order chi connectivity index (χ0) is 21.3. The zero-order valence-electron chi connectivity index (χ0n) is 16.2. The van der Waals surface area contributed by atoms with Crippen LogP contribution in [-0.2, 0) is 16.6 Å². The molecule has 162 valence electrons. The van der Waals surface area contributed by atoms with Crippen molar-refractivity contribution in [1.82, 2.24) is 19.3 Å². The normalized spacial score (nSPS) is 11.3. The highest BCUT2D eigenvalue weighted by Crippen LogP contribution is 2.33. The molecule has 4 rings (SSSR count). The van der Waals surface area contributed by atoms with Crippen molar-refractivity contribution >= 4 is 72.2 Å². The Balaban J connectivity index is 0.00000272. The van der Waals surface area contributed by atoms with Gasteiger partial charge in [0.25, 0.3) is 10.0 Å². The first kappa shape index (κ1) is 23.5. The number of pyridine rings is 2. The van der Waals surface area contributed by atoms with Crippen molar-refractivity contribution in [2.75, 3.05) is 12.4 Å². The molecule has 31 heavy (non-hydrogen) atoms. The van der Waals surface area contributed by atoms with Crippen molar-refractivity contribution < 1.29 is 8.42 Å². The molecular weight excluding hydrogens is 525 g/mol. The average Bonchev–Trinajstić information content (AvgIpc) is 3.11. The van der Waals surface area contributed by atoms with Crippen molar-refractivity contribution in [3.63, 3.8) is 0 Å². The summed E-state index contributed by atoms with van der Waals surface area (Å²) < 4.78 is 28.5. The first-order chi connectivity index (χ1) is 14.4. The molecule has 0 bridgehead atoms. The largest absolute Gasteiger partial charge is 0.354 e. The predicted molar refractivity (Wildman–Crippen MR) is 129 cm³/mol. The Labute approximate surface area is 199 Å². The van der Waals surface area contributed by atoms with Crippen molar-refractivity contribution in [3.05, 3.63) is 76.4 Å². The van der Waals surface area contributed by atoms with Crippen LogP contribution >= 0.6 is 39.9 Å². The molecule has 11 heteroatoms. The fourth-order valence-electron chi connectivity index (χ4n) is 3.16. The van der Waals surface area contributed by atoms with E-state index in [0.29, 0.717) is 27.4 Å². The van der Waals surface area contributed by atoms with E-state index in [9.17, 15) is 8.42 Å². The van der Waals surface area contributed by atoms with Gasteiger partial charge in [-0.2, -0.15) is 0 Å². The monoisotopic (exact) mass is 541 g/mol. The Morgan fingerprint density at radius 3 is 2.71 bits per heavy atom. The Morgan fingerprint density at radius 2 is 2.00 bits per heavy atom. The lowest BCUT2D eigenvalue weighted by Crippen LogP contribution is -2.12. The van der Waals surface area contributed by atoms with Gasteiger partial charge in [0.2, 0.25) is 0 Å². The SMILES string of the molecule is CNCc1cn(S(=O)(=O)c2cccnc2)c2cc(Nc3ccnc(Cl)c3Br)ccc12.Cl. The third-order valence-corrected chi connectivity index (χ3v) is 7.51. The molecule has 0 aliphatic rings. The maximum Gasteiger partial charge on any atom is 0.269 e. The van der Waals surface area contributed by atoms with Crippen molar-refractivity contribution in [2.24, 2.45) is 0 Å². The number of nitrogens with one attached hydrogen (secondary N) is 2. The molecule has 4 aromatic rings. The van der Waals surface area contributed by atoms with Gasteiger partial charge in [0.15, 0.2) is 0 Å². The lowest BCUT2D eigenvalue weighted by atomic mass is 10.1. The lowest BCUT2D eigenvalue weighted by molar-refractivity contribution is 0.588. The van der Waals surface area contributed by atoms with Crippen LogP contribution in [0.3, 0.4) is 0 Å². The molecule has 0 amide bonds. The number of hydrogen-bond acceptors (Lipinski definition) is 6. The van der Waals surface area contributed by atoms with Gasteiger partial charge < -0.3 is 10.6 Å². The highest BCUT2D eigenvalue weighted by atomic mass is 79.9. The Kier molecular flexibility index (Phi) is 7.23. The molecule has 1 aromatic carbocycles. The van der Waals surface area contributed by atoms with E-state index in [1.165, 1.54) is 16.2 Å². The molecule has 0 fully saturated rings. The van der Waals surface area contributed by atoms with Crippen LogP contribution in [-0.4, -0.2) is 29.4 Å². The van der Waals surface area contributed by atoms with Gasteiger partial charge in [-0.15, -0.1) is 12.4 Å². The quantitative estimate of drug-likeness (QED) is 0.334. The van der Waals surface area contributed by atoms with Gasteiger partial charge in [0.05, 0.1) is 15.7 Å². The highest BCUT2D eigenvalue weighted by molar-refractivity contribution is 9.10. The van der Waals surface area contributed by atoms with Gasteiger partial charge in [-0.25, -0.2) is 17.4 Å². The number of anilines is 2. The molecule has 0 aliphatic heterocycles. The van der Waals surface area contributed by atoms with E-state index in [4.69, 9.17) is 11.6 Å². The van der Waals surface area contributed by atoms with Gasteiger partial charge in [0, 0.05) is 42.4 Å². The second-order valence-corrected chi connectivity index (χ2v) is 9.46. The molecule has 0 spiro atoms. The first-order valence-corrected chi connectivity index (χ1v) is 11.5. The number of halogens is 3. The highest BCUT2D eigenvalue weighted by Gasteiger charge is 2.21. The number of aromatic nitrogens is 3. The summed E-state index contributed by atoms with van der Waals surface area (Å²) in [7, 11) is -1.99. The van der Waals surface area contributed by atoms with Crippen molar-refractivity contribution in [1.29, 1.82) is 0 Å². The molecule has 0 atom stereocenters. The van der Waals surface area contributed by atoms with Crippen molar-refractivity contribution in [3.8, 4) is 0 Å². The fourth-order valence-corrected chi connectivity index (χ4v) is 5.00. The van der Waals surface area contributed by atoms with Gasteiger partial charge in [0.1, 0.15) is 10.0 Å². The van der Waals surface area contributed by atoms with Crippen LogP contribution in [0.15, 0.2) is 70.6 Å². The Bertz CT molecular complexity index is 1330. The minimum absolute atomic E-state index is 0. The van der Waals surface area contributed by atoms with Crippen molar-refractivity contribution in [2.45, 2.75) is 11.4 Å². The molecule has 2 N–H and O–H groups in total. The zero-order valence-corrected chi connectivity index (χ0v) is 20.2. The van der Waals surface area contributed by atoms with Crippen LogP contribution in [0.4, 0.5) is 11.4 Å². The maximum absolute atomic E-state index is 13.3. The third-order valence-electron chi connectivity index (χ3n) is 4.54. The summed E-state index contributed by atoms with van der Waals surface area (Å²) in [5, 5.41) is 7.52. The van der Waals surface area contributed by atoms with Gasteiger partial charge in [-0.1, -0.05) is 17.7 Å². The van der Waals surface area contributed by atoms with Gasteiger partial charge in [-0.3, -0.25) is 4.98 Å². The summed E-state index contributed by atoms with van der Waals surface area (Å²) in [6.45, 7) is 0.532. The minimum Gasteiger partial charge on any atom is -0.354 e. The Hall–Kier alpha value is -2.17. The summed E-state index contributed by atoms with van der Waals surface area (Å²) in [5.74, 6) is 0. The molecule has 0 aliphatic carbocycles. The van der Waals surface area contributed by atoms with E-state index in [-0.39, 0.29) is 17.3 Å². The van der Waals surface area contributed by atoms with E-state index in [1.807, 2.05) is 19.2 Å². The molecule has 0 saturated carbocycles. The number of nitrogens with zero attached hydrogens (tertiary/aromatic N) is 3. The van der Waals surface area contributed by atoms with Crippen LogP contribution in [0, 0.1) is 0 Å². The van der Waals surface area contributed by atoms with E-state index in [1.54, 1.807) is 36.8 Å². The molecule has 7 nitrogen and oxygen atoms in total. The summed E-state index contributed by atoms with van der Waals surface area (Å²) in [6, 6.07) is 10.5. The Morgan fingerprint density at radius 1 is 1.19 bits per heavy atom. The average molecular weight is 543 g/mol. The maximum atomic E-state index is 13.3. The third kappa shape index (κ3) is 4.56. The van der Waals surface area contributed by atoms with E-state index < -0.39 is 10.0 Å². The van der Waals surface area contributed by atoms with Gasteiger partial charge >= 0.3 is 0 Å². The van der Waals surface area contributed by atoms with E-state index in [2.05, 4.69) is 36.5 Å². The fraction of sp³-hybridized carbons (Fsp3) is 0.100. The van der Waals surface area contributed by atoms with Crippen LogP contribution < -0.4 is 10.6 Å². The van der Waals surface area contributed by atoms with E-state index in [0.717, 1.165) is 16.6 Å². The molecule has 3 heterocycles. The minimum atomic E-state index is -3.81. The summed E-state index contributed by atoms with van der Waals surface area (Å²) >= 11 is 9.49. The topological polar surface area (TPSA) is 88.9 Å². The van der Waals surface area contributed by atoms with Crippen LogP contribution in [0.25, 0.3) is 10.9 Å². The summed E-state index contributed by atoms with van der Waals surface area (Å²) in [6.07, 6.45) is 6.12. The predicted octanol–water partition coefficient (Wildman–Crippen LogP) is 4.97. The van der Waals surface area contributed by atoms with Crippen LogP contribution in [0.5, 0.6) is 0 Å². The number of benzene rings is 1. The molecular formula is C20H18BrCl2N5O2S. The second-order valence-electron chi connectivity index (χ2n) is 6.49. The first-order valence-electron chi connectivity index (χ1n) is 8.93. The van der Waals surface area contributed by atoms with E-state index >= 15 is 0 Å². The smallest absolute Gasteiger partial charge is 0.269 e. The second kappa shape index (κ2) is 9.54. The molecule has 0 unspecified atom stereocenters. The molecule has 0 saturated heterocycles. The summed E-state index contributed by atoms with van der Waals surface area (Å²) in [4.78, 5) is 8.09. The van der Waals surface area contributed by atoms with Gasteiger partial charge in [-0.05, 0) is 58.9 Å². The lowest BCUT2D eigenvalue weighted by Gasteiger charge is -2.11.